The van der Waals surface area contributed by atoms with Crippen LogP contribution >= 0.6 is 23.2 Å². The van der Waals surface area contributed by atoms with Crippen molar-refractivity contribution in [1.82, 2.24) is 0 Å². The first-order chi connectivity index (χ1) is 6.50. The van der Waals surface area contributed by atoms with E-state index >= 15 is 0 Å². The lowest BCUT2D eigenvalue weighted by atomic mass is 10.1. The smallest absolute Gasteiger partial charge is 0.345 e. The van der Waals surface area contributed by atoms with Crippen LogP contribution in [0.15, 0.2) is 0 Å². The Hall–Kier alpha value is 0.120. The summed E-state index contributed by atoms with van der Waals surface area (Å²) in [5, 5.41) is -4.96. The monoisotopic (exact) mass is 278 g/mol. The van der Waals surface area contributed by atoms with E-state index in [2.05, 4.69) is 27.9 Å². The van der Waals surface area contributed by atoms with Crippen LogP contribution in [0.25, 0.3) is 0 Å². The highest BCUT2D eigenvalue weighted by atomic mass is 35.5. The van der Waals surface area contributed by atoms with E-state index in [1.165, 1.54) is 0 Å². The summed E-state index contributed by atoms with van der Waals surface area (Å²) in [4.78, 5) is 0. The Morgan fingerprint density at radius 2 is 1.60 bits per heavy atom. The van der Waals surface area contributed by atoms with Crippen molar-refractivity contribution in [2.24, 2.45) is 0 Å². The zero-order valence-electron chi connectivity index (χ0n) is 7.22. The van der Waals surface area contributed by atoms with Crippen molar-refractivity contribution in [3.8, 4) is 0 Å². The van der Waals surface area contributed by atoms with E-state index in [4.69, 9.17) is 0 Å². The van der Waals surface area contributed by atoms with Gasteiger partial charge < -0.3 is 4.74 Å². The fraction of sp³-hybridized carbons (Fsp3) is 1.00. The summed E-state index contributed by atoms with van der Waals surface area (Å²) in [7, 11) is 0.715. The van der Waals surface area contributed by atoms with Crippen molar-refractivity contribution in [1.29, 1.82) is 0 Å². The van der Waals surface area contributed by atoms with E-state index in [-0.39, 0.29) is 0 Å². The van der Waals surface area contributed by atoms with Gasteiger partial charge in [-0.25, -0.2) is 8.78 Å². The van der Waals surface area contributed by atoms with Crippen LogP contribution in [0.5, 0.6) is 0 Å². The first-order valence-electron chi connectivity index (χ1n) is 3.41. The van der Waals surface area contributed by atoms with Gasteiger partial charge in [-0.3, -0.25) is 0 Å². The van der Waals surface area contributed by atoms with Crippen molar-refractivity contribution in [2.45, 2.75) is 22.6 Å². The van der Waals surface area contributed by atoms with Gasteiger partial charge in [-0.1, -0.05) is 23.2 Å². The van der Waals surface area contributed by atoms with Crippen molar-refractivity contribution in [3.05, 3.63) is 0 Å². The molecular weight excluding hydrogens is 273 g/mol. The van der Waals surface area contributed by atoms with Crippen molar-refractivity contribution < 1.29 is 31.1 Å². The van der Waals surface area contributed by atoms with Gasteiger partial charge in [-0.05, 0) is 0 Å². The third-order valence-electron chi connectivity index (χ3n) is 1.48. The van der Waals surface area contributed by atoms with Gasteiger partial charge in [-0.2, -0.15) is 17.6 Å². The molecule has 0 spiro atoms. The van der Waals surface area contributed by atoms with Gasteiger partial charge in [0.1, 0.15) is 6.61 Å². The summed E-state index contributed by atoms with van der Waals surface area (Å²) in [6.45, 7) is -1.73. The number of hydrogen-bond acceptors (Lipinski definition) is 1. The summed E-state index contributed by atoms with van der Waals surface area (Å²) < 4.78 is 79.4. The Morgan fingerprint density at radius 1 is 1.20 bits per heavy atom. The van der Waals surface area contributed by atoms with E-state index in [1.807, 2.05) is 0 Å². The van der Waals surface area contributed by atoms with E-state index in [0.717, 1.165) is 0 Å². The average Bonchev–Trinajstić information content (AvgIpc) is 2.02. The Kier molecular flexibility index (Phi) is 4.58. The minimum atomic E-state index is -5.25. The van der Waals surface area contributed by atoms with Gasteiger partial charge in [0, 0.05) is 7.11 Å². The Morgan fingerprint density at radius 3 is 1.87 bits per heavy atom. The van der Waals surface area contributed by atoms with Crippen LogP contribution in [-0.4, -0.2) is 36.3 Å². The molecule has 0 heterocycles. The van der Waals surface area contributed by atoms with Crippen LogP contribution < -0.4 is 0 Å². The Labute approximate surface area is 91.3 Å². The molecule has 0 radical (unpaired) electrons. The quantitative estimate of drug-likeness (QED) is 0.554. The maximum atomic E-state index is 12.9. The zero-order valence-corrected chi connectivity index (χ0v) is 8.73. The van der Waals surface area contributed by atoms with E-state index in [0.29, 0.717) is 7.11 Å². The fourth-order valence-electron chi connectivity index (χ4n) is 0.653. The summed E-state index contributed by atoms with van der Waals surface area (Å²) in [6.07, 6.45) is 0. The minimum absolute atomic E-state index is 0.715. The van der Waals surface area contributed by atoms with E-state index < -0.39 is 29.2 Å². The zero-order chi connectivity index (χ0) is 12.5. The second-order valence-corrected chi connectivity index (χ2v) is 3.54. The molecule has 1 nitrogen and oxygen atoms in total. The lowest BCUT2D eigenvalue weighted by molar-refractivity contribution is -0.231. The summed E-state index contributed by atoms with van der Waals surface area (Å²) >= 11 is 8.57. The van der Waals surface area contributed by atoms with Crippen LogP contribution in [0.2, 0.25) is 0 Å². The van der Waals surface area contributed by atoms with Crippen LogP contribution in [0.1, 0.15) is 0 Å². The molecule has 0 bridgehead atoms. The van der Waals surface area contributed by atoms with Crippen molar-refractivity contribution in [3.63, 3.8) is 0 Å². The molecule has 0 saturated heterocycles. The molecule has 0 fully saturated rings. The summed E-state index contributed by atoms with van der Waals surface area (Å²) in [6, 6.07) is 0. The van der Waals surface area contributed by atoms with Gasteiger partial charge in [-0.15, -0.1) is 0 Å². The van der Waals surface area contributed by atoms with Crippen LogP contribution in [0.3, 0.4) is 0 Å². The lowest BCUT2D eigenvalue weighted by Crippen LogP contribution is -2.58. The molecule has 0 N–H and O–H groups in total. The fourth-order valence-corrected chi connectivity index (χ4v) is 1.01. The predicted octanol–water partition coefficient (Wildman–Crippen LogP) is 3.34. The predicted molar refractivity (Wildman–Crippen MR) is 42.2 cm³/mol. The first-order valence-corrected chi connectivity index (χ1v) is 4.22. The molecular formula is C6H6Cl2F6O. The lowest BCUT2D eigenvalue weighted by Gasteiger charge is -2.33. The maximum absolute atomic E-state index is 12.9. The number of hydrogen-bond donors (Lipinski definition) is 0. The second kappa shape index (κ2) is 4.55. The number of methoxy groups -OCH3 is 1. The molecule has 0 rings (SSSR count). The molecule has 2 unspecified atom stereocenters. The first kappa shape index (κ1) is 15.1. The van der Waals surface area contributed by atoms with Crippen molar-refractivity contribution >= 4 is 23.2 Å². The molecule has 0 saturated carbocycles. The molecule has 15 heavy (non-hydrogen) atoms. The van der Waals surface area contributed by atoms with Gasteiger partial charge in [0.05, 0.1) is 0 Å². The average molecular weight is 279 g/mol. The maximum Gasteiger partial charge on any atom is 0.345 e. The van der Waals surface area contributed by atoms with Crippen molar-refractivity contribution in [2.75, 3.05) is 13.7 Å². The summed E-state index contributed by atoms with van der Waals surface area (Å²) in [5.41, 5.74) is -3.68. The number of ether oxygens (including phenoxy) is 1. The van der Waals surface area contributed by atoms with Gasteiger partial charge >= 0.3 is 17.0 Å². The van der Waals surface area contributed by atoms with E-state index in [1.54, 1.807) is 0 Å². The normalized spacial score (nSPS) is 19.8. The van der Waals surface area contributed by atoms with Gasteiger partial charge in [0.2, 0.25) is 5.63 Å². The molecule has 92 valence electrons. The highest BCUT2D eigenvalue weighted by molar-refractivity contribution is 6.26. The number of halogens is 8. The second-order valence-electron chi connectivity index (χ2n) is 2.64. The summed E-state index contributed by atoms with van der Waals surface area (Å²) in [5.74, 6) is -10.0. The SMILES string of the molecule is COCC(F)(F)C(F)(Cl)C(F)(F)C(F)Cl. The van der Waals surface area contributed by atoms with Crippen LogP contribution in [0.4, 0.5) is 26.3 Å². The Balaban J connectivity index is 5.11. The van der Waals surface area contributed by atoms with E-state index in [9.17, 15) is 26.3 Å². The topological polar surface area (TPSA) is 9.23 Å². The number of alkyl halides is 8. The third kappa shape index (κ3) is 2.62. The molecule has 2 atom stereocenters. The highest BCUT2D eigenvalue weighted by Crippen LogP contribution is 2.50. The van der Waals surface area contributed by atoms with Crippen LogP contribution in [-0.2, 0) is 4.74 Å². The standard InChI is InChI=1S/C6H6Cl2F6O/c1-15-2-4(10,11)6(8,14)5(12,13)3(7)9/h3H,2H2,1H3. The van der Waals surface area contributed by atoms with Gasteiger partial charge in [0.15, 0.2) is 0 Å². The molecule has 0 amide bonds. The molecule has 0 aliphatic carbocycles. The largest absolute Gasteiger partial charge is 0.378 e. The molecule has 0 aromatic heterocycles. The Bertz CT molecular complexity index is 220. The minimum Gasteiger partial charge on any atom is -0.378 e. The molecule has 9 heteroatoms. The number of rotatable bonds is 5. The highest BCUT2D eigenvalue weighted by Gasteiger charge is 2.72. The molecule has 0 aliphatic rings. The third-order valence-corrected chi connectivity index (χ3v) is 2.28. The molecule has 0 aromatic carbocycles. The van der Waals surface area contributed by atoms with Gasteiger partial charge in [0.25, 0.3) is 0 Å². The molecule has 0 aromatic rings. The molecule has 0 aliphatic heterocycles. The van der Waals surface area contributed by atoms with Crippen LogP contribution in [0, 0.1) is 0 Å².